The summed E-state index contributed by atoms with van der Waals surface area (Å²) in [6.07, 6.45) is 5.76. The molecule has 2 atom stereocenters. The van der Waals surface area contributed by atoms with Crippen molar-refractivity contribution in [2.24, 2.45) is 16.3 Å². The standard InChI is InChI=1S/C25H33N3O3/c1-16-11-19(14-24(2,3)12-16)27-23(28-29)18-9-10-21(26-15-18)30-20-8-6-7-17-13-25(4,5)31-22(17)20/h6-10,15-16,19,29H,11-14H2,1-5H3,(H,27,28). The molecule has 1 fully saturated rings. The van der Waals surface area contributed by atoms with Crippen molar-refractivity contribution in [2.75, 3.05) is 0 Å². The van der Waals surface area contributed by atoms with Crippen LogP contribution in [0.25, 0.3) is 0 Å². The van der Waals surface area contributed by atoms with Crippen LogP contribution in [0.2, 0.25) is 0 Å². The molecular formula is C25H33N3O3. The van der Waals surface area contributed by atoms with E-state index < -0.39 is 0 Å². The van der Waals surface area contributed by atoms with Crippen LogP contribution in [-0.4, -0.2) is 27.7 Å². The zero-order chi connectivity index (χ0) is 22.2. The predicted octanol–water partition coefficient (Wildman–Crippen LogP) is 5.53. The highest BCUT2D eigenvalue weighted by molar-refractivity contribution is 5.97. The average molecular weight is 424 g/mol. The molecular weight excluding hydrogens is 390 g/mol. The summed E-state index contributed by atoms with van der Waals surface area (Å²) in [5.41, 5.74) is 4.16. The summed E-state index contributed by atoms with van der Waals surface area (Å²) < 4.78 is 12.1. The summed E-state index contributed by atoms with van der Waals surface area (Å²) in [5.74, 6) is 2.98. The number of hydrogen-bond donors (Lipinski definition) is 2. The second-order valence-electron chi connectivity index (χ2n) is 10.4. The van der Waals surface area contributed by atoms with Crippen molar-refractivity contribution in [2.45, 2.75) is 71.9 Å². The summed E-state index contributed by atoms with van der Waals surface area (Å²) in [6, 6.07) is 9.75. The number of aliphatic imine (C=N–C) groups is 1. The number of hydrogen-bond acceptors (Lipinski definition) is 5. The van der Waals surface area contributed by atoms with Crippen LogP contribution in [0.5, 0.6) is 17.4 Å². The van der Waals surface area contributed by atoms with Gasteiger partial charge in [-0.1, -0.05) is 32.9 Å². The third-order valence-electron chi connectivity index (χ3n) is 6.06. The fraction of sp³-hybridized carbons (Fsp3) is 0.520. The van der Waals surface area contributed by atoms with Crippen LogP contribution in [0.3, 0.4) is 0 Å². The Bertz CT molecular complexity index is 966. The number of nitrogens with zero attached hydrogens (tertiary/aromatic N) is 2. The van der Waals surface area contributed by atoms with Crippen LogP contribution in [0.4, 0.5) is 0 Å². The van der Waals surface area contributed by atoms with E-state index in [1.807, 2.05) is 18.2 Å². The molecule has 0 spiro atoms. The third kappa shape index (κ3) is 5.01. The molecule has 166 valence electrons. The summed E-state index contributed by atoms with van der Waals surface area (Å²) in [7, 11) is 0. The Hall–Kier alpha value is -2.60. The van der Waals surface area contributed by atoms with Gasteiger partial charge in [-0.05, 0) is 56.6 Å². The molecule has 2 unspecified atom stereocenters. The molecule has 1 aromatic heterocycles. The van der Waals surface area contributed by atoms with Gasteiger partial charge in [-0.3, -0.25) is 15.7 Å². The number of aromatic nitrogens is 1. The van der Waals surface area contributed by atoms with Crippen LogP contribution >= 0.6 is 0 Å². The monoisotopic (exact) mass is 423 g/mol. The van der Waals surface area contributed by atoms with Gasteiger partial charge in [0.15, 0.2) is 17.3 Å². The number of fused-ring (bicyclic) bond motifs is 1. The van der Waals surface area contributed by atoms with Crippen molar-refractivity contribution in [1.82, 2.24) is 10.5 Å². The fourth-order valence-corrected chi connectivity index (χ4v) is 5.11. The Morgan fingerprint density at radius 3 is 2.68 bits per heavy atom. The highest BCUT2D eigenvalue weighted by atomic mass is 16.5. The number of ether oxygens (including phenoxy) is 2. The molecule has 1 aliphatic heterocycles. The van der Waals surface area contributed by atoms with Crippen molar-refractivity contribution in [3.8, 4) is 17.4 Å². The van der Waals surface area contributed by atoms with E-state index >= 15 is 0 Å². The van der Waals surface area contributed by atoms with E-state index in [4.69, 9.17) is 14.5 Å². The van der Waals surface area contributed by atoms with Gasteiger partial charge in [0.2, 0.25) is 5.88 Å². The number of rotatable bonds is 4. The Labute approximate surface area is 184 Å². The van der Waals surface area contributed by atoms with E-state index in [0.29, 0.717) is 23.4 Å². The minimum absolute atomic E-state index is 0.178. The first-order valence-electron chi connectivity index (χ1n) is 11.1. The van der Waals surface area contributed by atoms with E-state index in [-0.39, 0.29) is 17.1 Å². The van der Waals surface area contributed by atoms with Gasteiger partial charge in [0, 0.05) is 29.8 Å². The van der Waals surface area contributed by atoms with Crippen molar-refractivity contribution in [1.29, 1.82) is 0 Å². The molecule has 2 N–H and O–H groups in total. The highest BCUT2D eigenvalue weighted by Gasteiger charge is 2.33. The first-order valence-corrected chi connectivity index (χ1v) is 11.1. The van der Waals surface area contributed by atoms with Crippen molar-refractivity contribution in [3.05, 3.63) is 47.7 Å². The predicted molar refractivity (Wildman–Crippen MR) is 121 cm³/mol. The molecule has 2 aliphatic rings. The Balaban J connectivity index is 1.50. The van der Waals surface area contributed by atoms with Crippen LogP contribution in [0, 0.1) is 11.3 Å². The van der Waals surface area contributed by atoms with Crippen molar-refractivity contribution >= 4 is 5.84 Å². The van der Waals surface area contributed by atoms with Gasteiger partial charge in [-0.25, -0.2) is 4.98 Å². The molecule has 31 heavy (non-hydrogen) atoms. The van der Waals surface area contributed by atoms with Gasteiger partial charge < -0.3 is 9.47 Å². The second kappa shape index (κ2) is 8.15. The molecule has 4 rings (SSSR count). The lowest BCUT2D eigenvalue weighted by Crippen LogP contribution is -2.32. The molecule has 1 aromatic carbocycles. The zero-order valence-electron chi connectivity index (χ0n) is 19.1. The highest BCUT2D eigenvalue weighted by Crippen LogP contribution is 2.43. The van der Waals surface area contributed by atoms with Crippen LogP contribution in [0.1, 0.15) is 65.0 Å². The molecule has 6 nitrogen and oxygen atoms in total. The Morgan fingerprint density at radius 2 is 2.00 bits per heavy atom. The normalized spacial score (nSPS) is 24.3. The molecule has 0 bridgehead atoms. The molecule has 6 heteroatoms. The first kappa shape index (κ1) is 21.6. The Kier molecular flexibility index (Phi) is 5.69. The van der Waals surface area contributed by atoms with Crippen molar-refractivity contribution < 1.29 is 14.7 Å². The van der Waals surface area contributed by atoms with Gasteiger partial charge in [0.1, 0.15) is 5.60 Å². The average Bonchev–Trinajstić information content (AvgIpc) is 3.00. The van der Waals surface area contributed by atoms with E-state index in [9.17, 15) is 5.21 Å². The molecule has 0 radical (unpaired) electrons. The molecule has 1 aliphatic carbocycles. The number of pyridine rings is 1. The minimum Gasteiger partial charge on any atom is -0.483 e. The minimum atomic E-state index is -0.234. The molecule has 0 saturated heterocycles. The maximum Gasteiger partial charge on any atom is 0.219 e. The molecule has 2 aromatic rings. The zero-order valence-corrected chi connectivity index (χ0v) is 19.1. The SMILES string of the molecule is CC1CC(N=C(NO)c2ccc(Oc3cccc4c3OC(C)(C)C4)nc2)CC(C)(C)C1. The lowest BCUT2D eigenvalue weighted by molar-refractivity contribution is 0.135. The summed E-state index contributed by atoms with van der Waals surface area (Å²) in [6.45, 7) is 11.0. The number of hydroxylamine groups is 1. The topological polar surface area (TPSA) is 76.0 Å². The van der Waals surface area contributed by atoms with E-state index in [1.54, 1.807) is 12.3 Å². The van der Waals surface area contributed by atoms with E-state index in [0.717, 1.165) is 36.1 Å². The molecule has 1 saturated carbocycles. The van der Waals surface area contributed by atoms with Crippen LogP contribution in [0.15, 0.2) is 41.5 Å². The second-order valence-corrected chi connectivity index (χ2v) is 10.4. The van der Waals surface area contributed by atoms with Crippen LogP contribution < -0.4 is 15.0 Å². The third-order valence-corrected chi connectivity index (χ3v) is 6.06. The smallest absolute Gasteiger partial charge is 0.219 e. The summed E-state index contributed by atoms with van der Waals surface area (Å²) in [4.78, 5) is 9.23. The molecule has 0 amide bonds. The first-order chi connectivity index (χ1) is 14.6. The summed E-state index contributed by atoms with van der Waals surface area (Å²) >= 11 is 0. The lowest BCUT2D eigenvalue weighted by Gasteiger charge is -2.37. The number of amidine groups is 1. The number of nitrogens with one attached hydrogen (secondary N) is 1. The van der Waals surface area contributed by atoms with E-state index in [2.05, 4.69) is 51.1 Å². The quantitative estimate of drug-likeness (QED) is 0.384. The lowest BCUT2D eigenvalue weighted by atomic mass is 9.71. The summed E-state index contributed by atoms with van der Waals surface area (Å²) in [5, 5.41) is 9.71. The fourth-order valence-electron chi connectivity index (χ4n) is 5.11. The largest absolute Gasteiger partial charge is 0.483 e. The van der Waals surface area contributed by atoms with E-state index in [1.165, 1.54) is 6.42 Å². The van der Waals surface area contributed by atoms with Crippen LogP contribution in [-0.2, 0) is 6.42 Å². The maximum absolute atomic E-state index is 9.71. The van der Waals surface area contributed by atoms with Gasteiger partial charge in [0.05, 0.1) is 6.04 Å². The van der Waals surface area contributed by atoms with Gasteiger partial charge in [-0.2, -0.15) is 0 Å². The van der Waals surface area contributed by atoms with Gasteiger partial charge >= 0.3 is 0 Å². The Morgan fingerprint density at radius 1 is 1.19 bits per heavy atom. The van der Waals surface area contributed by atoms with Gasteiger partial charge in [-0.15, -0.1) is 0 Å². The van der Waals surface area contributed by atoms with Crippen molar-refractivity contribution in [3.63, 3.8) is 0 Å². The number of benzene rings is 1. The van der Waals surface area contributed by atoms with Gasteiger partial charge in [0.25, 0.3) is 0 Å². The number of para-hydroxylation sites is 1. The maximum atomic E-state index is 9.71. The molecule has 2 heterocycles.